The highest BCUT2D eigenvalue weighted by atomic mass is 32.2. The van der Waals surface area contributed by atoms with Crippen LogP contribution in [-0.4, -0.2) is 21.9 Å². The minimum atomic E-state index is -0.262. The number of aromatic nitrogens is 3. The maximum atomic E-state index is 13.2. The van der Waals surface area contributed by atoms with Crippen LogP contribution < -0.4 is 10.1 Å². The van der Waals surface area contributed by atoms with Gasteiger partial charge in [0, 0.05) is 17.1 Å². The Kier molecular flexibility index (Phi) is 6.29. The van der Waals surface area contributed by atoms with Gasteiger partial charge in [-0.2, -0.15) is 0 Å². The minimum absolute atomic E-state index is 0.262. The standard InChI is InChI=1S/C23H21FN4OS/c1-29-21-13-11-20(12-14-21)28-22(15-25-19-9-7-18(24)8-10-19)26-27-23(28)30-16-17-5-3-2-4-6-17/h2-14,25H,15-16H2,1H3. The summed E-state index contributed by atoms with van der Waals surface area (Å²) in [5.74, 6) is 2.08. The van der Waals surface area contributed by atoms with E-state index in [0.717, 1.165) is 33.9 Å². The van der Waals surface area contributed by atoms with Crippen LogP contribution in [0.25, 0.3) is 5.69 Å². The quantitative estimate of drug-likeness (QED) is 0.391. The van der Waals surface area contributed by atoms with Crippen molar-refractivity contribution in [2.75, 3.05) is 12.4 Å². The Morgan fingerprint density at radius 2 is 1.67 bits per heavy atom. The molecule has 152 valence electrons. The van der Waals surface area contributed by atoms with Gasteiger partial charge in [-0.05, 0) is 54.1 Å². The maximum Gasteiger partial charge on any atom is 0.196 e. The average molecular weight is 421 g/mol. The predicted molar refractivity (Wildman–Crippen MR) is 118 cm³/mol. The van der Waals surface area contributed by atoms with Crippen molar-refractivity contribution in [1.29, 1.82) is 0 Å². The van der Waals surface area contributed by atoms with Gasteiger partial charge < -0.3 is 10.1 Å². The van der Waals surface area contributed by atoms with Gasteiger partial charge in [0.05, 0.1) is 13.7 Å². The molecule has 0 fully saturated rings. The van der Waals surface area contributed by atoms with Crippen LogP contribution in [0.2, 0.25) is 0 Å². The second kappa shape index (κ2) is 9.45. The van der Waals surface area contributed by atoms with Gasteiger partial charge in [0.15, 0.2) is 11.0 Å². The third-order valence-corrected chi connectivity index (χ3v) is 5.54. The first-order valence-electron chi connectivity index (χ1n) is 9.48. The Labute approximate surface area is 178 Å². The van der Waals surface area contributed by atoms with Crippen LogP contribution in [0.3, 0.4) is 0 Å². The third kappa shape index (κ3) is 4.80. The van der Waals surface area contributed by atoms with Crippen LogP contribution in [0, 0.1) is 5.82 Å². The number of ether oxygens (including phenoxy) is 1. The topological polar surface area (TPSA) is 52.0 Å². The van der Waals surface area contributed by atoms with Gasteiger partial charge in [0.2, 0.25) is 0 Å². The molecule has 3 aromatic carbocycles. The molecule has 30 heavy (non-hydrogen) atoms. The first-order chi connectivity index (χ1) is 14.7. The lowest BCUT2D eigenvalue weighted by Gasteiger charge is -2.12. The average Bonchev–Trinajstić information content (AvgIpc) is 3.21. The Bertz CT molecular complexity index is 1080. The highest BCUT2D eigenvalue weighted by Gasteiger charge is 2.15. The summed E-state index contributed by atoms with van der Waals surface area (Å²) in [6.45, 7) is 0.455. The van der Waals surface area contributed by atoms with Crippen LogP contribution in [0.1, 0.15) is 11.4 Å². The zero-order valence-electron chi connectivity index (χ0n) is 16.5. The number of nitrogens with one attached hydrogen (secondary N) is 1. The zero-order chi connectivity index (χ0) is 20.8. The monoisotopic (exact) mass is 420 g/mol. The third-order valence-electron chi connectivity index (χ3n) is 4.54. The van der Waals surface area contributed by atoms with Crippen molar-refractivity contribution in [2.45, 2.75) is 17.5 Å². The maximum absolute atomic E-state index is 13.2. The molecule has 0 aliphatic rings. The molecule has 4 rings (SSSR count). The molecule has 1 N–H and O–H groups in total. The van der Waals surface area contributed by atoms with Gasteiger partial charge in [0.25, 0.3) is 0 Å². The van der Waals surface area contributed by atoms with Gasteiger partial charge >= 0.3 is 0 Å². The van der Waals surface area contributed by atoms with E-state index in [2.05, 4.69) is 27.6 Å². The summed E-state index contributed by atoms with van der Waals surface area (Å²) in [4.78, 5) is 0. The van der Waals surface area contributed by atoms with E-state index in [9.17, 15) is 4.39 Å². The van der Waals surface area contributed by atoms with Gasteiger partial charge in [-0.1, -0.05) is 42.1 Å². The molecule has 0 saturated carbocycles. The van der Waals surface area contributed by atoms with Crippen LogP contribution in [0.4, 0.5) is 10.1 Å². The van der Waals surface area contributed by atoms with Crippen molar-refractivity contribution < 1.29 is 9.13 Å². The number of methoxy groups -OCH3 is 1. The van der Waals surface area contributed by atoms with Crippen molar-refractivity contribution in [3.8, 4) is 11.4 Å². The normalized spacial score (nSPS) is 10.7. The Morgan fingerprint density at radius 1 is 0.933 bits per heavy atom. The summed E-state index contributed by atoms with van der Waals surface area (Å²) in [5, 5.41) is 12.9. The van der Waals surface area contributed by atoms with Crippen molar-refractivity contribution in [1.82, 2.24) is 14.8 Å². The van der Waals surface area contributed by atoms with Crippen LogP contribution in [0.15, 0.2) is 84.0 Å². The van der Waals surface area contributed by atoms with E-state index in [4.69, 9.17) is 4.74 Å². The lowest BCUT2D eigenvalue weighted by atomic mass is 10.2. The van der Waals surface area contributed by atoms with Gasteiger partial charge in [0.1, 0.15) is 11.6 Å². The second-order valence-corrected chi connectivity index (χ2v) is 7.51. The highest BCUT2D eigenvalue weighted by molar-refractivity contribution is 7.98. The Morgan fingerprint density at radius 3 is 2.37 bits per heavy atom. The zero-order valence-corrected chi connectivity index (χ0v) is 17.3. The lowest BCUT2D eigenvalue weighted by molar-refractivity contribution is 0.414. The highest BCUT2D eigenvalue weighted by Crippen LogP contribution is 2.26. The number of anilines is 1. The van der Waals surface area contributed by atoms with Crippen molar-refractivity contribution in [2.24, 2.45) is 0 Å². The fourth-order valence-electron chi connectivity index (χ4n) is 2.97. The molecule has 5 nitrogen and oxygen atoms in total. The summed E-state index contributed by atoms with van der Waals surface area (Å²) in [7, 11) is 1.65. The first-order valence-corrected chi connectivity index (χ1v) is 10.5. The summed E-state index contributed by atoms with van der Waals surface area (Å²) in [5.41, 5.74) is 2.99. The molecule has 0 aliphatic carbocycles. The number of thioether (sulfide) groups is 1. The number of rotatable bonds is 8. The number of benzene rings is 3. The lowest BCUT2D eigenvalue weighted by Crippen LogP contribution is -2.08. The largest absolute Gasteiger partial charge is 0.497 e. The van der Waals surface area contributed by atoms with E-state index >= 15 is 0 Å². The molecule has 1 heterocycles. The second-order valence-electron chi connectivity index (χ2n) is 6.57. The molecule has 0 bridgehead atoms. The van der Waals surface area contributed by atoms with Crippen LogP contribution >= 0.6 is 11.8 Å². The smallest absolute Gasteiger partial charge is 0.196 e. The molecule has 0 spiro atoms. The van der Waals surface area contributed by atoms with Gasteiger partial charge in [-0.15, -0.1) is 10.2 Å². The summed E-state index contributed by atoms with van der Waals surface area (Å²) in [6.07, 6.45) is 0. The van der Waals surface area contributed by atoms with Crippen LogP contribution in [0.5, 0.6) is 5.75 Å². The molecule has 0 amide bonds. The molecule has 0 radical (unpaired) electrons. The molecule has 0 saturated heterocycles. The van der Waals surface area contributed by atoms with E-state index in [1.165, 1.54) is 17.7 Å². The van der Waals surface area contributed by atoms with E-state index in [1.807, 2.05) is 47.0 Å². The predicted octanol–water partition coefficient (Wildman–Crippen LogP) is 5.32. The summed E-state index contributed by atoms with van der Waals surface area (Å²) >= 11 is 1.63. The molecule has 4 aromatic rings. The van der Waals surface area contributed by atoms with Gasteiger partial charge in [-0.3, -0.25) is 4.57 Å². The fraction of sp³-hybridized carbons (Fsp3) is 0.130. The number of hydrogen-bond acceptors (Lipinski definition) is 5. The van der Waals surface area contributed by atoms with Crippen molar-refractivity contribution >= 4 is 17.4 Å². The van der Waals surface area contributed by atoms with Crippen LogP contribution in [-0.2, 0) is 12.3 Å². The Hall–Kier alpha value is -3.32. The summed E-state index contributed by atoms with van der Waals surface area (Å²) < 4.78 is 20.5. The van der Waals surface area contributed by atoms with Gasteiger partial charge in [-0.25, -0.2) is 4.39 Å². The minimum Gasteiger partial charge on any atom is -0.497 e. The SMILES string of the molecule is COc1ccc(-n2c(CNc3ccc(F)cc3)nnc2SCc2ccccc2)cc1. The molecule has 0 atom stereocenters. The van der Waals surface area contributed by atoms with E-state index < -0.39 is 0 Å². The summed E-state index contributed by atoms with van der Waals surface area (Å²) in [6, 6.07) is 24.3. The molecule has 0 aliphatic heterocycles. The van der Waals surface area contributed by atoms with E-state index in [-0.39, 0.29) is 5.82 Å². The van der Waals surface area contributed by atoms with E-state index in [1.54, 1.807) is 31.0 Å². The van der Waals surface area contributed by atoms with E-state index in [0.29, 0.717) is 6.54 Å². The Balaban J connectivity index is 1.59. The van der Waals surface area contributed by atoms with Crippen molar-refractivity contribution in [3.63, 3.8) is 0 Å². The first kappa shape index (κ1) is 20.0. The number of nitrogens with zero attached hydrogens (tertiary/aromatic N) is 3. The van der Waals surface area contributed by atoms with Crippen molar-refractivity contribution in [3.05, 3.63) is 96.1 Å². The molecule has 0 unspecified atom stereocenters. The molecule has 1 aromatic heterocycles. The number of halogens is 1. The number of hydrogen-bond donors (Lipinski definition) is 1. The molecular weight excluding hydrogens is 399 g/mol. The fourth-order valence-corrected chi connectivity index (χ4v) is 3.90. The molecule has 7 heteroatoms. The molecular formula is C23H21FN4OS.